The van der Waals surface area contributed by atoms with Gasteiger partial charge >= 0.3 is 5.97 Å². The van der Waals surface area contributed by atoms with E-state index in [0.29, 0.717) is 57.2 Å². The van der Waals surface area contributed by atoms with E-state index in [1.165, 1.54) is 17.0 Å². The Balaban J connectivity index is 1.70. The Bertz CT molecular complexity index is 1630. The van der Waals surface area contributed by atoms with Crippen LogP contribution in [0, 0.1) is 5.92 Å². The normalized spacial score (nSPS) is 16.4. The molecule has 0 saturated carbocycles. The van der Waals surface area contributed by atoms with Gasteiger partial charge in [0.2, 0.25) is 29.5 Å². The van der Waals surface area contributed by atoms with Crippen molar-refractivity contribution in [3.63, 3.8) is 0 Å². The van der Waals surface area contributed by atoms with Crippen LogP contribution in [0.1, 0.15) is 89.7 Å². The lowest BCUT2D eigenvalue weighted by atomic mass is 10.0. The Hall–Kier alpha value is -5.06. The highest BCUT2D eigenvalue weighted by atomic mass is 16.4. The van der Waals surface area contributed by atoms with Gasteiger partial charge in [0.25, 0.3) is 0 Å². The van der Waals surface area contributed by atoms with Crippen LogP contribution in [0.25, 0.3) is 0 Å². The molecule has 1 aliphatic heterocycles. The van der Waals surface area contributed by atoms with Crippen molar-refractivity contribution in [1.29, 1.82) is 0 Å². The number of benzene rings is 2. The molecule has 2 aromatic rings. The molecule has 1 saturated heterocycles. The summed E-state index contributed by atoms with van der Waals surface area (Å²) in [7, 11) is 0. The molecule has 1 aliphatic rings. The fraction of sp³-hybridized carbons (Fsp3) is 0.571. The maximum Gasteiger partial charge on any atom is 0.326 e. The predicted molar refractivity (Wildman–Crippen MR) is 220 cm³/mol. The highest BCUT2D eigenvalue weighted by Gasteiger charge is 2.38. The summed E-state index contributed by atoms with van der Waals surface area (Å²) in [6.07, 6.45) is 5.03. The number of carbonyl (C=O) groups excluding carboxylic acids is 5. The first-order valence-electron chi connectivity index (χ1n) is 20.5. The molecule has 0 spiro atoms. The van der Waals surface area contributed by atoms with Gasteiger partial charge in [-0.2, -0.15) is 0 Å². The van der Waals surface area contributed by atoms with Gasteiger partial charge in [-0.15, -0.1) is 0 Å². The number of unbranched alkanes of at least 4 members (excludes halogenated alkanes) is 2. The smallest absolute Gasteiger partial charge is 0.326 e. The van der Waals surface area contributed by atoms with E-state index >= 15 is 0 Å². The number of amides is 5. The van der Waals surface area contributed by atoms with E-state index in [0.717, 1.165) is 18.4 Å². The van der Waals surface area contributed by atoms with Crippen molar-refractivity contribution in [2.75, 3.05) is 19.8 Å². The monoisotopic (exact) mass is 808 g/mol. The summed E-state index contributed by atoms with van der Waals surface area (Å²) in [5.74, 6) is -3.61. The fourth-order valence-electron chi connectivity index (χ4n) is 6.90. The molecule has 16 heteroatoms. The zero-order valence-corrected chi connectivity index (χ0v) is 34.1. The largest absolute Gasteiger partial charge is 0.508 e. The number of carboxylic acids is 1. The van der Waals surface area contributed by atoms with E-state index in [1.54, 1.807) is 36.4 Å². The molecule has 0 radical (unpaired) electrons. The van der Waals surface area contributed by atoms with E-state index in [4.69, 9.17) is 11.5 Å². The number of nitrogens with one attached hydrogen (secondary N) is 5. The standard InChI is InChI=1S/C42H64N8O8/c1-4-5-14-31(44)37(52)47-34(24-29-17-19-30(51)20-18-29)39(54)48-33(23-27(2)3)38(53)46-26-45-32(15-9-10-21-43)41(56)50-22-11-16-36(50)40(55)49-35(42(57)58)25-28-12-7-6-8-13-28/h6-8,12-13,17-20,27,31-36,45,51H,4-5,9-11,14-16,21-26,43-44H2,1-3H3,(H,46,53)(H,47,52)(H,48,54)(H,49,55)(H,57,58)/t31-,32-,33-,34-,35-,36-/m0/s1. The number of nitrogens with zero attached hydrogens (tertiary/aromatic N) is 1. The number of phenolic OH excluding ortho intramolecular Hbond substituents is 1. The molecule has 11 N–H and O–H groups in total. The molecular weight excluding hydrogens is 745 g/mol. The van der Waals surface area contributed by atoms with Gasteiger partial charge in [-0.1, -0.05) is 82.5 Å². The third-order valence-electron chi connectivity index (χ3n) is 10.1. The van der Waals surface area contributed by atoms with E-state index in [-0.39, 0.29) is 43.5 Å². The zero-order valence-electron chi connectivity index (χ0n) is 34.1. The Morgan fingerprint density at radius 3 is 2.09 bits per heavy atom. The maximum atomic E-state index is 14.0. The van der Waals surface area contributed by atoms with E-state index in [2.05, 4.69) is 26.6 Å². The van der Waals surface area contributed by atoms with Gasteiger partial charge in [0.15, 0.2) is 0 Å². The summed E-state index contributed by atoms with van der Waals surface area (Å²) in [4.78, 5) is 81.5. The number of nitrogens with two attached hydrogens (primary N) is 2. The van der Waals surface area contributed by atoms with Crippen LogP contribution >= 0.6 is 0 Å². The second-order valence-electron chi connectivity index (χ2n) is 15.4. The minimum Gasteiger partial charge on any atom is -0.508 e. The molecule has 3 rings (SSSR count). The molecule has 0 aliphatic carbocycles. The first kappa shape index (κ1) is 47.3. The number of carboxylic acid groups (broad SMARTS) is 1. The second-order valence-corrected chi connectivity index (χ2v) is 15.4. The molecule has 5 amide bonds. The number of rotatable bonds is 25. The summed E-state index contributed by atoms with van der Waals surface area (Å²) in [5.41, 5.74) is 13.3. The molecular formula is C42H64N8O8. The summed E-state index contributed by atoms with van der Waals surface area (Å²) < 4.78 is 0. The Morgan fingerprint density at radius 2 is 1.45 bits per heavy atom. The molecule has 2 aromatic carbocycles. The van der Waals surface area contributed by atoms with Gasteiger partial charge in [-0.25, -0.2) is 4.79 Å². The number of carbonyl (C=O) groups is 6. The number of hydrogen-bond donors (Lipinski definition) is 9. The molecule has 58 heavy (non-hydrogen) atoms. The van der Waals surface area contributed by atoms with Crippen molar-refractivity contribution in [1.82, 2.24) is 31.5 Å². The van der Waals surface area contributed by atoms with Gasteiger partial charge in [0.05, 0.1) is 18.8 Å². The van der Waals surface area contributed by atoms with Crippen LogP contribution in [-0.4, -0.2) is 107 Å². The summed E-state index contributed by atoms with van der Waals surface area (Å²) in [5, 5.41) is 33.7. The van der Waals surface area contributed by atoms with Crippen LogP contribution in [0.5, 0.6) is 5.75 Å². The van der Waals surface area contributed by atoms with Gasteiger partial charge in [0, 0.05) is 19.4 Å². The average Bonchev–Trinajstić information content (AvgIpc) is 3.69. The molecule has 0 bridgehead atoms. The van der Waals surface area contributed by atoms with Crippen molar-refractivity contribution >= 4 is 35.5 Å². The van der Waals surface area contributed by atoms with Crippen molar-refractivity contribution < 1.29 is 39.0 Å². The van der Waals surface area contributed by atoms with Gasteiger partial charge in [-0.05, 0) is 74.2 Å². The molecule has 0 aromatic heterocycles. The minimum absolute atomic E-state index is 0.00568. The molecule has 0 unspecified atom stereocenters. The summed E-state index contributed by atoms with van der Waals surface area (Å²) in [6.45, 7) is 6.39. The van der Waals surface area contributed by atoms with E-state index in [1.807, 2.05) is 26.8 Å². The lowest BCUT2D eigenvalue weighted by Crippen LogP contribution is -2.58. The molecule has 1 heterocycles. The van der Waals surface area contributed by atoms with Crippen LogP contribution in [0.2, 0.25) is 0 Å². The van der Waals surface area contributed by atoms with E-state index < -0.39 is 65.8 Å². The fourth-order valence-corrected chi connectivity index (χ4v) is 6.90. The Morgan fingerprint density at radius 1 is 0.793 bits per heavy atom. The first-order valence-corrected chi connectivity index (χ1v) is 20.5. The number of hydrogen-bond acceptors (Lipinski definition) is 10. The number of aliphatic carboxylic acids is 1. The second kappa shape index (κ2) is 24.7. The van der Waals surface area contributed by atoms with Crippen molar-refractivity contribution in [3.8, 4) is 5.75 Å². The predicted octanol–water partition coefficient (Wildman–Crippen LogP) is 1.43. The molecule has 1 fully saturated rings. The molecule has 16 nitrogen and oxygen atoms in total. The lowest BCUT2D eigenvalue weighted by molar-refractivity contribution is -0.144. The van der Waals surface area contributed by atoms with Gasteiger partial charge in [0.1, 0.15) is 29.9 Å². The quantitative estimate of drug-likeness (QED) is 0.0512. The van der Waals surface area contributed by atoms with Crippen LogP contribution in [0.3, 0.4) is 0 Å². The van der Waals surface area contributed by atoms with Crippen LogP contribution < -0.4 is 38.1 Å². The highest BCUT2D eigenvalue weighted by Crippen LogP contribution is 2.21. The summed E-state index contributed by atoms with van der Waals surface area (Å²) >= 11 is 0. The Labute approximate surface area is 341 Å². The highest BCUT2D eigenvalue weighted by molar-refractivity contribution is 5.94. The zero-order chi connectivity index (χ0) is 42.6. The number of phenols is 1. The lowest BCUT2D eigenvalue weighted by Gasteiger charge is -2.30. The maximum absolute atomic E-state index is 14.0. The Kier molecular flexibility index (Phi) is 20.1. The third-order valence-corrected chi connectivity index (χ3v) is 10.1. The van der Waals surface area contributed by atoms with Crippen molar-refractivity contribution in [2.45, 2.75) is 128 Å². The van der Waals surface area contributed by atoms with E-state index in [9.17, 15) is 39.0 Å². The summed E-state index contributed by atoms with van der Waals surface area (Å²) in [6, 6.07) is 9.51. The van der Waals surface area contributed by atoms with Crippen LogP contribution in [0.4, 0.5) is 0 Å². The van der Waals surface area contributed by atoms with Crippen molar-refractivity contribution in [3.05, 3.63) is 65.7 Å². The van der Waals surface area contributed by atoms with Gasteiger partial charge in [-0.3, -0.25) is 29.3 Å². The SMILES string of the molecule is CCCC[C@H](N)C(=O)N[C@@H](Cc1ccc(O)cc1)C(=O)N[C@@H](CC(C)C)C(=O)NCN[C@@H](CCCCN)C(=O)N1CCC[C@H]1C(=O)N[C@@H](Cc1ccccc1)C(=O)O. The number of aromatic hydroxyl groups is 1. The third kappa shape index (κ3) is 15.7. The number of likely N-dealkylation sites (tertiary alicyclic amines) is 1. The first-order chi connectivity index (χ1) is 27.7. The molecule has 6 atom stereocenters. The van der Waals surface area contributed by atoms with Gasteiger partial charge < -0.3 is 47.8 Å². The molecule has 320 valence electrons. The minimum atomic E-state index is -1.18. The average molecular weight is 809 g/mol. The van der Waals surface area contributed by atoms with Crippen LogP contribution in [0.15, 0.2) is 54.6 Å². The van der Waals surface area contributed by atoms with Crippen LogP contribution in [-0.2, 0) is 41.6 Å². The van der Waals surface area contributed by atoms with Crippen molar-refractivity contribution in [2.24, 2.45) is 17.4 Å². The topological polar surface area (TPSA) is 258 Å².